The van der Waals surface area contributed by atoms with Crippen molar-refractivity contribution in [3.05, 3.63) is 62.6 Å². The average molecular weight is 420 g/mol. The SMILES string of the molecule is Cc1nn(C)c2[nH]c(=O)c(CCC(=O)NCCc3ccc(C(F)(F)F)cc3)c(C)c12. The van der Waals surface area contributed by atoms with Gasteiger partial charge in [0.15, 0.2) is 0 Å². The molecule has 2 heterocycles. The zero-order valence-electron chi connectivity index (χ0n) is 17.0. The quantitative estimate of drug-likeness (QED) is 0.643. The van der Waals surface area contributed by atoms with Gasteiger partial charge in [0.25, 0.3) is 5.56 Å². The summed E-state index contributed by atoms with van der Waals surface area (Å²) in [6.07, 6.45) is -3.51. The van der Waals surface area contributed by atoms with Gasteiger partial charge < -0.3 is 10.3 Å². The largest absolute Gasteiger partial charge is 0.416 e. The highest BCUT2D eigenvalue weighted by atomic mass is 19.4. The number of aromatic amines is 1. The Morgan fingerprint density at radius 1 is 1.17 bits per heavy atom. The summed E-state index contributed by atoms with van der Waals surface area (Å²) in [4.78, 5) is 27.4. The fourth-order valence-electron chi connectivity index (χ4n) is 3.59. The second-order valence-electron chi connectivity index (χ2n) is 7.28. The molecule has 0 saturated heterocycles. The van der Waals surface area contributed by atoms with E-state index in [0.29, 0.717) is 29.7 Å². The first-order valence-electron chi connectivity index (χ1n) is 9.56. The normalized spacial score (nSPS) is 11.8. The smallest absolute Gasteiger partial charge is 0.356 e. The summed E-state index contributed by atoms with van der Waals surface area (Å²) < 4.78 is 39.4. The number of halogens is 3. The number of amides is 1. The first-order valence-corrected chi connectivity index (χ1v) is 9.56. The minimum absolute atomic E-state index is 0.141. The lowest BCUT2D eigenvalue weighted by Crippen LogP contribution is -2.27. The zero-order chi connectivity index (χ0) is 22.1. The van der Waals surface area contributed by atoms with Gasteiger partial charge in [0.1, 0.15) is 5.65 Å². The van der Waals surface area contributed by atoms with E-state index in [1.165, 1.54) is 12.1 Å². The summed E-state index contributed by atoms with van der Waals surface area (Å²) >= 11 is 0. The van der Waals surface area contributed by atoms with E-state index in [1.807, 2.05) is 13.8 Å². The Hall–Kier alpha value is -3.10. The topological polar surface area (TPSA) is 79.8 Å². The Labute approximate surface area is 171 Å². The number of carbonyl (C=O) groups excluding carboxylic acids is 1. The number of pyridine rings is 1. The van der Waals surface area contributed by atoms with Crippen molar-refractivity contribution in [2.75, 3.05) is 6.54 Å². The molecule has 6 nitrogen and oxygen atoms in total. The Morgan fingerprint density at radius 2 is 1.83 bits per heavy atom. The molecule has 0 spiro atoms. The number of hydrogen-bond donors (Lipinski definition) is 2. The molecule has 3 aromatic rings. The van der Waals surface area contributed by atoms with E-state index in [1.54, 1.807) is 11.7 Å². The molecule has 2 aromatic heterocycles. The lowest BCUT2D eigenvalue weighted by Gasteiger charge is -2.09. The summed E-state index contributed by atoms with van der Waals surface area (Å²) in [5.41, 5.74) is 2.60. The number of benzene rings is 1. The molecule has 160 valence electrons. The van der Waals surface area contributed by atoms with Gasteiger partial charge in [-0.2, -0.15) is 18.3 Å². The molecule has 30 heavy (non-hydrogen) atoms. The number of H-pyrrole nitrogens is 1. The van der Waals surface area contributed by atoms with E-state index in [0.717, 1.165) is 28.8 Å². The molecule has 0 aliphatic heterocycles. The minimum atomic E-state index is -4.36. The standard InChI is InChI=1S/C21H23F3N4O2/c1-12-16(20(30)26-19-18(12)13(2)27-28(19)3)8-9-17(29)25-11-10-14-4-6-15(7-5-14)21(22,23)24/h4-7H,8-11H2,1-3H3,(H,25,29)(H,26,30). The molecule has 0 aliphatic carbocycles. The molecule has 1 aromatic carbocycles. The van der Waals surface area contributed by atoms with Gasteiger partial charge in [0, 0.05) is 31.0 Å². The first-order chi connectivity index (χ1) is 14.1. The van der Waals surface area contributed by atoms with Gasteiger partial charge in [-0.1, -0.05) is 12.1 Å². The zero-order valence-corrected chi connectivity index (χ0v) is 17.0. The van der Waals surface area contributed by atoms with Crippen LogP contribution in [-0.2, 0) is 30.9 Å². The van der Waals surface area contributed by atoms with E-state index >= 15 is 0 Å². The number of nitrogens with one attached hydrogen (secondary N) is 2. The molecule has 0 aliphatic rings. The summed E-state index contributed by atoms with van der Waals surface area (Å²) in [5.74, 6) is -0.219. The Bertz CT molecular complexity index is 1130. The highest BCUT2D eigenvalue weighted by molar-refractivity contribution is 5.83. The predicted molar refractivity (Wildman–Crippen MR) is 107 cm³/mol. The van der Waals surface area contributed by atoms with Crippen molar-refractivity contribution in [2.45, 2.75) is 39.3 Å². The van der Waals surface area contributed by atoms with Gasteiger partial charge in [-0.3, -0.25) is 14.3 Å². The van der Waals surface area contributed by atoms with Crippen LogP contribution in [0, 0.1) is 13.8 Å². The highest BCUT2D eigenvalue weighted by Crippen LogP contribution is 2.29. The monoisotopic (exact) mass is 420 g/mol. The van der Waals surface area contributed by atoms with Gasteiger partial charge in [0.2, 0.25) is 5.91 Å². The van der Waals surface area contributed by atoms with E-state index in [9.17, 15) is 22.8 Å². The van der Waals surface area contributed by atoms with E-state index in [2.05, 4.69) is 15.4 Å². The van der Waals surface area contributed by atoms with E-state index in [4.69, 9.17) is 0 Å². The Balaban J connectivity index is 1.56. The van der Waals surface area contributed by atoms with Crippen LogP contribution in [-0.4, -0.2) is 27.2 Å². The van der Waals surface area contributed by atoms with Crippen molar-refractivity contribution in [2.24, 2.45) is 7.05 Å². The third-order valence-electron chi connectivity index (χ3n) is 5.18. The van der Waals surface area contributed by atoms with Gasteiger partial charge in [-0.25, -0.2) is 0 Å². The predicted octanol–water partition coefficient (Wildman–Crippen LogP) is 3.19. The fraction of sp³-hybridized carbons (Fsp3) is 0.381. The summed E-state index contributed by atoms with van der Waals surface area (Å²) in [6, 6.07) is 4.87. The number of rotatable bonds is 6. The molecular formula is C21H23F3N4O2. The average Bonchev–Trinajstić information content (AvgIpc) is 2.94. The molecule has 3 rings (SSSR count). The fourth-order valence-corrected chi connectivity index (χ4v) is 3.59. The third kappa shape index (κ3) is 4.55. The van der Waals surface area contributed by atoms with Crippen LogP contribution in [0.25, 0.3) is 11.0 Å². The molecule has 9 heteroatoms. The van der Waals surface area contributed by atoms with E-state index in [-0.39, 0.29) is 24.3 Å². The van der Waals surface area contributed by atoms with Crippen LogP contribution >= 0.6 is 0 Å². The summed E-state index contributed by atoms with van der Waals surface area (Å²) in [6.45, 7) is 4.02. The molecule has 0 unspecified atom stereocenters. The maximum atomic E-state index is 12.6. The van der Waals surface area contributed by atoms with Gasteiger partial charge >= 0.3 is 6.18 Å². The Kier molecular flexibility index (Phi) is 6.00. The first kappa shape index (κ1) is 21.6. The van der Waals surface area contributed by atoms with Crippen molar-refractivity contribution in [3.8, 4) is 0 Å². The van der Waals surface area contributed by atoms with Gasteiger partial charge in [-0.05, 0) is 49.9 Å². The number of carbonyl (C=O) groups is 1. The highest BCUT2D eigenvalue weighted by Gasteiger charge is 2.29. The molecule has 0 atom stereocenters. The number of fused-ring (bicyclic) bond motifs is 1. The number of hydrogen-bond acceptors (Lipinski definition) is 3. The molecule has 1 amide bonds. The van der Waals surface area contributed by atoms with Crippen molar-refractivity contribution < 1.29 is 18.0 Å². The lowest BCUT2D eigenvalue weighted by atomic mass is 10.0. The molecular weight excluding hydrogens is 397 g/mol. The van der Waals surface area contributed by atoms with Crippen molar-refractivity contribution in [1.29, 1.82) is 0 Å². The van der Waals surface area contributed by atoms with E-state index < -0.39 is 11.7 Å². The van der Waals surface area contributed by atoms with Crippen LogP contribution in [0.3, 0.4) is 0 Å². The molecule has 0 fully saturated rings. The number of aromatic nitrogens is 3. The molecule has 0 bridgehead atoms. The third-order valence-corrected chi connectivity index (χ3v) is 5.18. The minimum Gasteiger partial charge on any atom is -0.356 e. The molecule has 0 saturated carbocycles. The number of alkyl halides is 3. The number of aryl methyl sites for hydroxylation is 3. The number of nitrogens with zero attached hydrogens (tertiary/aromatic N) is 2. The maximum Gasteiger partial charge on any atom is 0.416 e. The van der Waals surface area contributed by atoms with Crippen LogP contribution in [0.2, 0.25) is 0 Å². The van der Waals surface area contributed by atoms with Crippen molar-refractivity contribution >= 4 is 16.9 Å². The maximum absolute atomic E-state index is 12.6. The van der Waals surface area contributed by atoms with Crippen molar-refractivity contribution in [3.63, 3.8) is 0 Å². The molecule has 0 radical (unpaired) electrons. The second-order valence-corrected chi connectivity index (χ2v) is 7.28. The van der Waals surface area contributed by atoms with Crippen LogP contribution in [0.4, 0.5) is 13.2 Å². The van der Waals surface area contributed by atoms with Crippen LogP contribution in [0.1, 0.15) is 34.4 Å². The van der Waals surface area contributed by atoms with Crippen molar-refractivity contribution in [1.82, 2.24) is 20.1 Å². The van der Waals surface area contributed by atoms with Crippen LogP contribution in [0.15, 0.2) is 29.1 Å². The summed E-state index contributed by atoms with van der Waals surface area (Å²) in [5, 5.41) is 7.95. The summed E-state index contributed by atoms with van der Waals surface area (Å²) in [7, 11) is 1.76. The van der Waals surface area contributed by atoms with Crippen LogP contribution in [0.5, 0.6) is 0 Å². The van der Waals surface area contributed by atoms with Gasteiger partial charge in [-0.15, -0.1) is 0 Å². The Morgan fingerprint density at radius 3 is 2.47 bits per heavy atom. The molecule has 2 N–H and O–H groups in total. The second kappa shape index (κ2) is 8.33. The van der Waals surface area contributed by atoms with Crippen LogP contribution < -0.4 is 10.9 Å². The lowest BCUT2D eigenvalue weighted by molar-refractivity contribution is -0.137. The van der Waals surface area contributed by atoms with Gasteiger partial charge in [0.05, 0.1) is 11.3 Å².